The van der Waals surface area contributed by atoms with E-state index in [0.717, 1.165) is 44.6 Å². The number of amides is 2. The monoisotopic (exact) mass is 348 g/mol. The number of hydrogen-bond donors (Lipinski definition) is 2. The molecule has 0 aliphatic carbocycles. The summed E-state index contributed by atoms with van der Waals surface area (Å²) < 4.78 is 11.6. The molecule has 2 N–H and O–H groups in total. The highest BCUT2D eigenvalue weighted by atomic mass is 16.3. The topological polar surface area (TPSA) is 67.4 Å². The molecule has 0 spiro atoms. The third kappa shape index (κ3) is 2.92. The molecule has 0 fully saturated rings. The van der Waals surface area contributed by atoms with Gasteiger partial charge in [0.1, 0.15) is 22.7 Å². The number of hydrogen-bond acceptors (Lipinski definition) is 3. The van der Waals surface area contributed by atoms with Crippen molar-refractivity contribution in [2.45, 2.75) is 26.9 Å². The van der Waals surface area contributed by atoms with Crippen molar-refractivity contribution < 1.29 is 13.6 Å². The molecule has 0 atom stereocenters. The lowest BCUT2D eigenvalue weighted by Gasteiger charge is -2.06. The molecular formula is C21H20N2O3. The van der Waals surface area contributed by atoms with E-state index in [1.807, 2.05) is 62.4 Å². The zero-order valence-electron chi connectivity index (χ0n) is 14.8. The summed E-state index contributed by atoms with van der Waals surface area (Å²) in [6.45, 7) is 4.67. The highest BCUT2D eigenvalue weighted by Crippen LogP contribution is 2.25. The van der Waals surface area contributed by atoms with Crippen LogP contribution in [0.5, 0.6) is 0 Å². The minimum atomic E-state index is -0.260. The molecule has 4 rings (SSSR count). The molecule has 26 heavy (non-hydrogen) atoms. The maximum Gasteiger partial charge on any atom is 0.315 e. The number of fused-ring (bicyclic) bond motifs is 2. The van der Waals surface area contributed by atoms with Crippen LogP contribution in [0.4, 0.5) is 4.79 Å². The minimum Gasteiger partial charge on any atom is -0.459 e. The van der Waals surface area contributed by atoms with Crippen LogP contribution in [0.3, 0.4) is 0 Å². The van der Waals surface area contributed by atoms with Crippen LogP contribution in [0, 0.1) is 13.8 Å². The van der Waals surface area contributed by atoms with Crippen LogP contribution in [-0.2, 0) is 13.1 Å². The van der Waals surface area contributed by atoms with Crippen molar-refractivity contribution in [1.29, 1.82) is 0 Å². The van der Waals surface area contributed by atoms with Crippen LogP contribution in [0.25, 0.3) is 21.9 Å². The molecule has 2 heterocycles. The molecule has 2 amide bonds. The van der Waals surface area contributed by atoms with Crippen molar-refractivity contribution in [3.8, 4) is 0 Å². The maximum absolute atomic E-state index is 12.1. The lowest BCUT2D eigenvalue weighted by Crippen LogP contribution is -2.34. The predicted molar refractivity (Wildman–Crippen MR) is 101 cm³/mol. The number of benzene rings is 2. The van der Waals surface area contributed by atoms with Crippen LogP contribution >= 0.6 is 0 Å². The number of para-hydroxylation sites is 2. The lowest BCUT2D eigenvalue weighted by atomic mass is 10.1. The second-order valence-corrected chi connectivity index (χ2v) is 6.33. The van der Waals surface area contributed by atoms with Crippen molar-refractivity contribution in [3.05, 3.63) is 71.2 Å². The molecule has 0 unspecified atom stereocenters. The average molecular weight is 348 g/mol. The maximum atomic E-state index is 12.1. The van der Waals surface area contributed by atoms with Crippen molar-refractivity contribution in [3.63, 3.8) is 0 Å². The Bertz CT molecular complexity index is 1010. The van der Waals surface area contributed by atoms with Crippen molar-refractivity contribution in [2.75, 3.05) is 0 Å². The number of carbonyl (C=O) groups excluding carboxylic acids is 1. The molecule has 0 bridgehead atoms. The molecule has 2 aromatic heterocycles. The molecule has 0 aliphatic heterocycles. The summed E-state index contributed by atoms with van der Waals surface area (Å²) >= 11 is 0. The van der Waals surface area contributed by atoms with Crippen LogP contribution < -0.4 is 10.6 Å². The predicted octanol–water partition coefficient (Wildman–Crippen LogP) is 4.80. The van der Waals surface area contributed by atoms with E-state index in [0.29, 0.717) is 13.1 Å². The van der Waals surface area contributed by atoms with Gasteiger partial charge in [-0.05, 0) is 26.0 Å². The van der Waals surface area contributed by atoms with Gasteiger partial charge in [0.15, 0.2) is 0 Å². The Hall–Kier alpha value is -3.21. The van der Waals surface area contributed by atoms with Gasteiger partial charge in [-0.15, -0.1) is 0 Å². The third-order valence-corrected chi connectivity index (χ3v) is 4.70. The fraction of sp³-hybridized carbons (Fsp3) is 0.190. The highest BCUT2D eigenvalue weighted by Gasteiger charge is 2.13. The number of aryl methyl sites for hydroxylation is 2. The molecule has 5 heteroatoms. The molecule has 0 saturated heterocycles. The third-order valence-electron chi connectivity index (χ3n) is 4.70. The highest BCUT2D eigenvalue weighted by molar-refractivity contribution is 5.83. The van der Waals surface area contributed by atoms with Crippen LogP contribution in [-0.4, -0.2) is 6.03 Å². The molecule has 0 aliphatic rings. The first-order valence-corrected chi connectivity index (χ1v) is 8.59. The van der Waals surface area contributed by atoms with Crippen LogP contribution in [0.15, 0.2) is 57.4 Å². The van der Waals surface area contributed by atoms with E-state index >= 15 is 0 Å². The average Bonchev–Trinajstić information content (AvgIpc) is 3.16. The van der Waals surface area contributed by atoms with E-state index in [1.165, 1.54) is 0 Å². The van der Waals surface area contributed by atoms with Crippen molar-refractivity contribution >= 4 is 28.0 Å². The second-order valence-electron chi connectivity index (χ2n) is 6.33. The SMILES string of the molecule is Cc1c(CNC(=O)NCc2oc3ccccc3c2C)oc2ccccc12. The zero-order valence-corrected chi connectivity index (χ0v) is 14.8. The van der Waals surface area contributed by atoms with E-state index in [-0.39, 0.29) is 6.03 Å². The summed E-state index contributed by atoms with van der Waals surface area (Å²) in [5.41, 5.74) is 3.77. The second kappa shape index (κ2) is 6.59. The molecule has 4 aromatic rings. The largest absolute Gasteiger partial charge is 0.459 e. The smallest absolute Gasteiger partial charge is 0.315 e. The summed E-state index contributed by atoms with van der Waals surface area (Å²) in [4.78, 5) is 12.1. The molecule has 2 aromatic carbocycles. The first-order chi connectivity index (χ1) is 12.6. The van der Waals surface area contributed by atoms with Gasteiger partial charge in [-0.3, -0.25) is 0 Å². The Morgan fingerprint density at radius 3 is 1.62 bits per heavy atom. The Balaban J connectivity index is 1.39. The summed E-state index contributed by atoms with van der Waals surface area (Å²) in [5, 5.41) is 7.82. The van der Waals surface area contributed by atoms with Crippen LogP contribution in [0.1, 0.15) is 22.6 Å². The molecule has 132 valence electrons. The van der Waals surface area contributed by atoms with E-state index < -0.39 is 0 Å². The Morgan fingerprint density at radius 2 is 1.19 bits per heavy atom. The van der Waals surface area contributed by atoms with Gasteiger partial charge < -0.3 is 19.5 Å². The van der Waals surface area contributed by atoms with Gasteiger partial charge in [0.05, 0.1) is 13.1 Å². The standard InChI is InChI=1S/C21H20N2O3/c1-13-15-7-3-5-9-17(15)25-19(13)11-22-21(24)23-12-20-14(2)16-8-4-6-10-18(16)26-20/h3-10H,11-12H2,1-2H3,(H2,22,23,24). The van der Waals surface area contributed by atoms with E-state index in [2.05, 4.69) is 10.6 Å². The number of nitrogens with one attached hydrogen (secondary N) is 2. The lowest BCUT2D eigenvalue weighted by molar-refractivity contribution is 0.238. The Morgan fingerprint density at radius 1 is 0.769 bits per heavy atom. The molecule has 0 radical (unpaired) electrons. The van der Waals surface area contributed by atoms with Gasteiger partial charge in [0.2, 0.25) is 0 Å². The number of rotatable bonds is 4. The van der Waals surface area contributed by atoms with E-state index in [4.69, 9.17) is 8.83 Å². The van der Waals surface area contributed by atoms with Gasteiger partial charge in [-0.2, -0.15) is 0 Å². The molecule has 5 nitrogen and oxygen atoms in total. The van der Waals surface area contributed by atoms with Gasteiger partial charge in [-0.25, -0.2) is 4.79 Å². The van der Waals surface area contributed by atoms with Crippen LogP contribution in [0.2, 0.25) is 0 Å². The normalized spacial score (nSPS) is 11.2. The molecular weight excluding hydrogens is 328 g/mol. The fourth-order valence-electron chi connectivity index (χ4n) is 3.17. The first-order valence-electron chi connectivity index (χ1n) is 8.59. The van der Waals surface area contributed by atoms with Gasteiger partial charge >= 0.3 is 6.03 Å². The Kier molecular flexibility index (Phi) is 4.13. The quantitative estimate of drug-likeness (QED) is 0.557. The zero-order chi connectivity index (χ0) is 18.1. The summed E-state index contributed by atoms with van der Waals surface area (Å²) in [7, 11) is 0. The van der Waals surface area contributed by atoms with Crippen molar-refractivity contribution in [2.24, 2.45) is 0 Å². The summed E-state index contributed by atoms with van der Waals surface area (Å²) in [6, 6.07) is 15.5. The summed E-state index contributed by atoms with van der Waals surface area (Å²) in [5.74, 6) is 1.53. The van der Waals surface area contributed by atoms with Crippen molar-refractivity contribution in [1.82, 2.24) is 10.6 Å². The minimum absolute atomic E-state index is 0.260. The Labute approximate surface area is 151 Å². The number of urea groups is 1. The first kappa shape index (κ1) is 16.3. The summed E-state index contributed by atoms with van der Waals surface area (Å²) in [6.07, 6.45) is 0. The fourth-order valence-corrected chi connectivity index (χ4v) is 3.17. The van der Waals surface area contributed by atoms with Gasteiger partial charge in [-0.1, -0.05) is 36.4 Å². The van der Waals surface area contributed by atoms with Gasteiger partial charge in [0, 0.05) is 21.9 Å². The van der Waals surface area contributed by atoms with E-state index in [9.17, 15) is 4.79 Å². The number of carbonyl (C=O) groups is 1. The van der Waals surface area contributed by atoms with Gasteiger partial charge in [0.25, 0.3) is 0 Å². The van der Waals surface area contributed by atoms with E-state index in [1.54, 1.807) is 0 Å². The number of furan rings is 2. The molecule has 0 saturated carbocycles.